The van der Waals surface area contributed by atoms with Gasteiger partial charge in [0.1, 0.15) is 6.04 Å². The third kappa shape index (κ3) is 3.08. The van der Waals surface area contributed by atoms with E-state index in [0.29, 0.717) is 12.5 Å². The van der Waals surface area contributed by atoms with Gasteiger partial charge in [0.2, 0.25) is 5.91 Å². The summed E-state index contributed by atoms with van der Waals surface area (Å²) in [7, 11) is 0. The largest absolute Gasteiger partial charge is 0.395 e. The zero-order valence-corrected chi connectivity index (χ0v) is 14.7. The van der Waals surface area contributed by atoms with Crippen molar-refractivity contribution in [1.29, 1.82) is 0 Å². The molecule has 25 heavy (non-hydrogen) atoms. The van der Waals surface area contributed by atoms with E-state index in [-0.39, 0.29) is 24.0 Å². The Morgan fingerprint density at radius 2 is 2.12 bits per heavy atom. The molecule has 136 valence electrons. The summed E-state index contributed by atoms with van der Waals surface area (Å²) in [5, 5.41) is 9.38. The molecular weight excluding hydrogens is 316 g/mol. The summed E-state index contributed by atoms with van der Waals surface area (Å²) in [4.78, 5) is 17.2. The first-order valence-electron chi connectivity index (χ1n) is 9.39. The summed E-state index contributed by atoms with van der Waals surface area (Å²) >= 11 is 0. The van der Waals surface area contributed by atoms with E-state index in [1.54, 1.807) is 0 Å². The highest BCUT2D eigenvalue weighted by atomic mass is 16.3. The van der Waals surface area contributed by atoms with Gasteiger partial charge < -0.3 is 10.0 Å². The van der Waals surface area contributed by atoms with Crippen molar-refractivity contribution in [2.75, 3.05) is 45.9 Å². The van der Waals surface area contributed by atoms with Gasteiger partial charge >= 0.3 is 0 Å². The number of hydrogen-bond donors (Lipinski definition) is 3. The van der Waals surface area contributed by atoms with E-state index in [2.05, 4.69) is 51.0 Å². The highest BCUT2D eigenvalue weighted by Gasteiger charge is 2.51. The number of nitrogens with one attached hydrogen (secondary N) is 2. The van der Waals surface area contributed by atoms with Gasteiger partial charge in [0, 0.05) is 50.6 Å². The number of hydrogen-bond acceptors (Lipinski definition) is 5. The van der Waals surface area contributed by atoms with Gasteiger partial charge in [-0.1, -0.05) is 30.3 Å². The van der Waals surface area contributed by atoms with Crippen molar-refractivity contribution in [3.05, 3.63) is 35.9 Å². The number of aliphatic hydroxyl groups is 1. The predicted octanol–water partition coefficient (Wildman–Crippen LogP) is -0.0527. The highest BCUT2D eigenvalue weighted by Crippen LogP contribution is 2.45. The van der Waals surface area contributed by atoms with Gasteiger partial charge in [-0.2, -0.15) is 0 Å². The second-order valence-electron chi connectivity index (χ2n) is 7.62. The number of rotatable bonds is 4. The Morgan fingerprint density at radius 3 is 2.84 bits per heavy atom. The second-order valence-corrected chi connectivity index (χ2v) is 7.62. The first-order valence-corrected chi connectivity index (χ1v) is 9.39. The molecule has 1 unspecified atom stereocenters. The van der Waals surface area contributed by atoms with E-state index >= 15 is 0 Å². The fourth-order valence-electron chi connectivity index (χ4n) is 4.93. The summed E-state index contributed by atoms with van der Waals surface area (Å²) in [6.45, 7) is 5.32. The molecule has 4 rings (SSSR count). The monoisotopic (exact) mass is 344 g/mol. The minimum Gasteiger partial charge on any atom is -0.395 e. The van der Waals surface area contributed by atoms with Crippen LogP contribution in [0.3, 0.4) is 0 Å². The lowest BCUT2D eigenvalue weighted by Gasteiger charge is -2.44. The van der Waals surface area contributed by atoms with Crippen molar-refractivity contribution >= 4 is 5.91 Å². The van der Waals surface area contributed by atoms with Gasteiger partial charge in [-0.05, 0) is 18.4 Å². The van der Waals surface area contributed by atoms with E-state index in [1.807, 2.05) is 0 Å². The molecule has 3 aliphatic rings. The molecule has 3 aliphatic heterocycles. The zero-order chi connectivity index (χ0) is 17.3. The first-order chi connectivity index (χ1) is 12.2. The number of piperidine rings is 1. The Hall–Kier alpha value is -1.47. The van der Waals surface area contributed by atoms with Crippen LogP contribution >= 0.6 is 0 Å². The Morgan fingerprint density at radius 1 is 1.28 bits per heavy atom. The van der Waals surface area contributed by atoms with Crippen molar-refractivity contribution in [3.8, 4) is 0 Å². The lowest BCUT2D eigenvalue weighted by Crippen LogP contribution is -2.55. The average Bonchev–Trinajstić information content (AvgIpc) is 3.29. The lowest BCUT2D eigenvalue weighted by molar-refractivity contribution is -0.135. The number of carbonyl (C=O) groups is 1. The average molecular weight is 344 g/mol. The molecule has 3 fully saturated rings. The molecule has 1 aromatic rings. The number of β-amino-alcohol motifs (C(OH)–C–C–N with tert-alkyl or cyclic N) is 1. The highest BCUT2D eigenvalue weighted by molar-refractivity contribution is 5.82. The summed E-state index contributed by atoms with van der Waals surface area (Å²) in [5.41, 5.74) is 7.65. The minimum absolute atomic E-state index is 0.0841. The Kier molecular flexibility index (Phi) is 4.78. The summed E-state index contributed by atoms with van der Waals surface area (Å²) in [6.07, 6.45) is 1.86. The van der Waals surface area contributed by atoms with Crippen LogP contribution in [0.1, 0.15) is 18.4 Å². The maximum atomic E-state index is 12.8. The van der Waals surface area contributed by atoms with Crippen molar-refractivity contribution < 1.29 is 9.90 Å². The van der Waals surface area contributed by atoms with Crippen LogP contribution in [-0.4, -0.2) is 72.7 Å². The molecule has 3 heterocycles. The molecule has 1 aromatic carbocycles. The molecule has 0 radical (unpaired) electrons. The summed E-state index contributed by atoms with van der Waals surface area (Å²) in [5.74, 6) is 0.654. The third-order valence-electron chi connectivity index (χ3n) is 6.24. The van der Waals surface area contributed by atoms with E-state index in [4.69, 9.17) is 0 Å². The van der Waals surface area contributed by atoms with Gasteiger partial charge in [-0.15, -0.1) is 0 Å². The van der Waals surface area contributed by atoms with Crippen LogP contribution in [0.5, 0.6) is 0 Å². The van der Waals surface area contributed by atoms with Crippen molar-refractivity contribution in [2.24, 2.45) is 5.92 Å². The van der Waals surface area contributed by atoms with Crippen LogP contribution in [0.25, 0.3) is 0 Å². The molecule has 0 spiro atoms. The number of hydrazine groups is 1. The number of fused-ring (bicyclic) bond motifs is 1. The second kappa shape index (κ2) is 7.03. The molecule has 6 nitrogen and oxygen atoms in total. The fourth-order valence-corrected chi connectivity index (χ4v) is 4.93. The number of amides is 1. The SMILES string of the molecule is O=C(C1CCNN1)N1CC[C@@]2(c3ccccc3)CN(CCO)C[C@H]2C1. The number of benzene rings is 1. The van der Waals surface area contributed by atoms with Gasteiger partial charge in [-0.3, -0.25) is 15.1 Å². The van der Waals surface area contributed by atoms with Crippen molar-refractivity contribution in [2.45, 2.75) is 24.3 Å². The number of nitrogens with zero attached hydrogens (tertiary/aromatic N) is 2. The van der Waals surface area contributed by atoms with E-state index < -0.39 is 0 Å². The third-order valence-corrected chi connectivity index (χ3v) is 6.24. The van der Waals surface area contributed by atoms with Gasteiger partial charge in [0.25, 0.3) is 0 Å². The topological polar surface area (TPSA) is 67.8 Å². The van der Waals surface area contributed by atoms with Crippen molar-refractivity contribution in [3.63, 3.8) is 0 Å². The Labute approximate surface area is 149 Å². The fraction of sp³-hybridized carbons (Fsp3) is 0.632. The maximum Gasteiger partial charge on any atom is 0.241 e. The molecule has 0 bridgehead atoms. The van der Waals surface area contributed by atoms with Gasteiger partial charge in [-0.25, -0.2) is 5.43 Å². The van der Waals surface area contributed by atoms with Crippen LogP contribution in [0.4, 0.5) is 0 Å². The maximum absolute atomic E-state index is 12.8. The molecule has 3 N–H and O–H groups in total. The number of carbonyl (C=O) groups excluding carboxylic acids is 1. The van der Waals surface area contributed by atoms with E-state index in [0.717, 1.165) is 45.6 Å². The molecule has 0 aromatic heterocycles. The van der Waals surface area contributed by atoms with Crippen LogP contribution in [0.2, 0.25) is 0 Å². The van der Waals surface area contributed by atoms with E-state index in [9.17, 15) is 9.90 Å². The standard InChI is InChI=1S/C19H28N4O2/c24-11-10-22-12-16-13-23(18(25)17-6-8-20-21-17)9-7-19(16,14-22)15-4-2-1-3-5-15/h1-5,16-17,20-21,24H,6-14H2/t16-,17?,19-/m0/s1. The Bertz CT molecular complexity index is 605. The molecular formula is C19H28N4O2. The Balaban J connectivity index is 1.55. The minimum atomic E-state index is -0.0841. The van der Waals surface area contributed by atoms with Gasteiger partial charge in [0.15, 0.2) is 0 Å². The number of likely N-dealkylation sites (tertiary alicyclic amines) is 2. The molecule has 3 atom stereocenters. The van der Waals surface area contributed by atoms with Crippen LogP contribution in [0.15, 0.2) is 30.3 Å². The molecule has 0 saturated carbocycles. The molecule has 1 amide bonds. The number of aliphatic hydroxyl groups excluding tert-OH is 1. The summed E-state index contributed by atoms with van der Waals surface area (Å²) in [6, 6.07) is 10.7. The van der Waals surface area contributed by atoms with E-state index in [1.165, 1.54) is 5.56 Å². The van der Waals surface area contributed by atoms with Crippen LogP contribution in [-0.2, 0) is 10.2 Å². The first kappa shape index (κ1) is 17.0. The summed E-state index contributed by atoms with van der Waals surface area (Å²) < 4.78 is 0. The molecule has 6 heteroatoms. The van der Waals surface area contributed by atoms with Crippen molar-refractivity contribution in [1.82, 2.24) is 20.7 Å². The lowest BCUT2D eigenvalue weighted by atomic mass is 9.68. The molecule has 3 saturated heterocycles. The van der Waals surface area contributed by atoms with Crippen LogP contribution in [0, 0.1) is 5.92 Å². The van der Waals surface area contributed by atoms with Crippen LogP contribution < -0.4 is 10.9 Å². The predicted molar refractivity (Wildman–Crippen MR) is 95.9 cm³/mol. The zero-order valence-electron chi connectivity index (χ0n) is 14.7. The quantitative estimate of drug-likeness (QED) is 0.715. The molecule has 0 aliphatic carbocycles. The smallest absolute Gasteiger partial charge is 0.241 e. The van der Waals surface area contributed by atoms with Gasteiger partial charge in [0.05, 0.1) is 6.61 Å². The normalized spacial score (nSPS) is 32.8.